The van der Waals surface area contributed by atoms with Gasteiger partial charge in [-0.25, -0.2) is 0 Å². The van der Waals surface area contributed by atoms with Crippen LogP contribution in [0.4, 0.5) is 0 Å². The largest absolute Gasteiger partial charge is 0.419 e. The van der Waals surface area contributed by atoms with Crippen molar-refractivity contribution in [2.45, 2.75) is 32.7 Å². The Morgan fingerprint density at radius 2 is 1.80 bits per heavy atom. The van der Waals surface area contributed by atoms with Crippen LogP contribution in [-0.2, 0) is 17.8 Å². The van der Waals surface area contributed by atoms with Crippen molar-refractivity contribution in [2.75, 3.05) is 0 Å². The van der Waals surface area contributed by atoms with Crippen LogP contribution in [0.15, 0.2) is 59.0 Å². The smallest absolute Gasteiger partial charge is 0.247 e. The molecule has 0 saturated heterocycles. The molecule has 0 saturated carbocycles. The molecule has 0 aliphatic rings. The lowest BCUT2D eigenvalue weighted by atomic mass is 10.0. The van der Waals surface area contributed by atoms with E-state index in [4.69, 9.17) is 4.42 Å². The standard InChI is InChI=1S/C20H21N3O2/c1-15-8-5-6-9-16(15)12-7-13-18(24)21-14-19-22-23-20(25-19)17-10-3-2-4-11-17/h2-6,8-11H,7,12-14H2,1H3,(H,21,24). The summed E-state index contributed by atoms with van der Waals surface area (Å²) in [5.41, 5.74) is 3.42. The number of aryl methyl sites for hydroxylation is 2. The van der Waals surface area contributed by atoms with Crippen LogP contribution in [-0.4, -0.2) is 16.1 Å². The van der Waals surface area contributed by atoms with Gasteiger partial charge in [-0.2, -0.15) is 0 Å². The van der Waals surface area contributed by atoms with Gasteiger partial charge in [0.1, 0.15) is 0 Å². The van der Waals surface area contributed by atoms with Crippen molar-refractivity contribution in [3.8, 4) is 11.5 Å². The van der Waals surface area contributed by atoms with Gasteiger partial charge in [-0.3, -0.25) is 4.79 Å². The molecule has 1 aromatic heterocycles. The van der Waals surface area contributed by atoms with Gasteiger partial charge in [0, 0.05) is 12.0 Å². The van der Waals surface area contributed by atoms with Gasteiger partial charge < -0.3 is 9.73 Å². The van der Waals surface area contributed by atoms with Gasteiger partial charge in [-0.1, -0.05) is 42.5 Å². The summed E-state index contributed by atoms with van der Waals surface area (Å²) < 4.78 is 5.57. The number of rotatable bonds is 7. The zero-order valence-electron chi connectivity index (χ0n) is 14.2. The molecule has 5 heteroatoms. The maximum Gasteiger partial charge on any atom is 0.247 e. The molecule has 0 bridgehead atoms. The molecule has 0 aliphatic carbocycles. The second kappa shape index (κ2) is 8.24. The van der Waals surface area contributed by atoms with Gasteiger partial charge in [-0.05, 0) is 43.0 Å². The summed E-state index contributed by atoms with van der Waals surface area (Å²) in [6.45, 7) is 2.35. The molecule has 0 aliphatic heterocycles. The fraction of sp³-hybridized carbons (Fsp3) is 0.250. The van der Waals surface area contributed by atoms with E-state index in [0.717, 1.165) is 18.4 Å². The van der Waals surface area contributed by atoms with Gasteiger partial charge in [0.05, 0.1) is 6.54 Å². The summed E-state index contributed by atoms with van der Waals surface area (Å²) in [5.74, 6) is 0.864. The summed E-state index contributed by atoms with van der Waals surface area (Å²) in [6, 6.07) is 17.8. The van der Waals surface area contributed by atoms with E-state index >= 15 is 0 Å². The first-order valence-electron chi connectivity index (χ1n) is 8.41. The van der Waals surface area contributed by atoms with Crippen LogP contribution in [0, 0.1) is 6.92 Å². The van der Waals surface area contributed by atoms with Crippen molar-refractivity contribution in [3.05, 3.63) is 71.6 Å². The third-order valence-electron chi connectivity index (χ3n) is 4.04. The van der Waals surface area contributed by atoms with Crippen molar-refractivity contribution >= 4 is 5.91 Å². The Bertz CT molecular complexity index is 828. The van der Waals surface area contributed by atoms with E-state index in [1.165, 1.54) is 11.1 Å². The molecule has 1 N–H and O–H groups in total. The lowest BCUT2D eigenvalue weighted by Crippen LogP contribution is -2.22. The Morgan fingerprint density at radius 1 is 1.04 bits per heavy atom. The van der Waals surface area contributed by atoms with Crippen LogP contribution >= 0.6 is 0 Å². The highest BCUT2D eigenvalue weighted by atomic mass is 16.4. The van der Waals surface area contributed by atoms with Crippen LogP contribution in [0.3, 0.4) is 0 Å². The van der Waals surface area contributed by atoms with Crippen LogP contribution in [0.2, 0.25) is 0 Å². The highest BCUT2D eigenvalue weighted by Gasteiger charge is 2.09. The maximum atomic E-state index is 12.0. The summed E-state index contributed by atoms with van der Waals surface area (Å²) in [7, 11) is 0. The van der Waals surface area contributed by atoms with Crippen molar-refractivity contribution in [3.63, 3.8) is 0 Å². The number of hydrogen-bond donors (Lipinski definition) is 1. The molecule has 0 atom stereocenters. The minimum atomic E-state index is -0.00644. The number of amides is 1. The molecular formula is C20H21N3O2. The first-order chi connectivity index (χ1) is 12.2. The number of carbonyl (C=O) groups excluding carboxylic acids is 1. The predicted molar refractivity (Wildman–Crippen MR) is 95.7 cm³/mol. The molecule has 1 heterocycles. The van der Waals surface area contributed by atoms with E-state index < -0.39 is 0 Å². The van der Waals surface area contributed by atoms with Crippen molar-refractivity contribution in [1.82, 2.24) is 15.5 Å². The number of aromatic nitrogens is 2. The van der Waals surface area contributed by atoms with Gasteiger partial charge in [0.15, 0.2) is 0 Å². The van der Waals surface area contributed by atoms with Gasteiger partial charge in [0.2, 0.25) is 17.7 Å². The monoisotopic (exact) mass is 335 g/mol. The Morgan fingerprint density at radius 3 is 2.60 bits per heavy atom. The molecular weight excluding hydrogens is 314 g/mol. The minimum absolute atomic E-state index is 0.00644. The lowest BCUT2D eigenvalue weighted by molar-refractivity contribution is -0.121. The first kappa shape index (κ1) is 16.9. The van der Waals surface area contributed by atoms with Crippen molar-refractivity contribution < 1.29 is 9.21 Å². The van der Waals surface area contributed by atoms with Crippen molar-refractivity contribution in [1.29, 1.82) is 0 Å². The summed E-state index contributed by atoms with van der Waals surface area (Å²) in [5, 5.41) is 10.8. The van der Waals surface area contributed by atoms with E-state index in [1.54, 1.807) is 0 Å². The zero-order chi connectivity index (χ0) is 17.5. The van der Waals surface area contributed by atoms with Crippen molar-refractivity contribution in [2.24, 2.45) is 0 Å². The first-order valence-corrected chi connectivity index (χ1v) is 8.41. The number of benzene rings is 2. The predicted octanol–water partition coefficient (Wildman–Crippen LogP) is 3.68. The van der Waals surface area contributed by atoms with Crippen LogP contribution < -0.4 is 5.32 Å². The highest BCUT2D eigenvalue weighted by Crippen LogP contribution is 2.16. The summed E-state index contributed by atoms with van der Waals surface area (Å²) in [6.07, 6.45) is 2.20. The summed E-state index contributed by atoms with van der Waals surface area (Å²) >= 11 is 0. The third kappa shape index (κ3) is 4.76. The summed E-state index contributed by atoms with van der Waals surface area (Å²) in [4.78, 5) is 12.0. The topological polar surface area (TPSA) is 68.0 Å². The average Bonchev–Trinajstić information content (AvgIpc) is 3.11. The van der Waals surface area contributed by atoms with Gasteiger partial charge in [-0.15, -0.1) is 10.2 Å². The van der Waals surface area contributed by atoms with Crippen LogP contribution in [0.1, 0.15) is 29.9 Å². The number of carbonyl (C=O) groups is 1. The molecule has 3 aromatic rings. The number of nitrogens with one attached hydrogen (secondary N) is 1. The average molecular weight is 335 g/mol. The third-order valence-corrected chi connectivity index (χ3v) is 4.04. The number of nitrogens with zero attached hydrogens (tertiary/aromatic N) is 2. The van der Waals surface area contributed by atoms with Crippen LogP contribution in [0.25, 0.3) is 11.5 Å². The molecule has 3 rings (SSSR count). The molecule has 2 aromatic carbocycles. The molecule has 0 spiro atoms. The van der Waals surface area contributed by atoms with E-state index in [0.29, 0.717) is 18.2 Å². The number of hydrogen-bond acceptors (Lipinski definition) is 4. The van der Waals surface area contributed by atoms with Gasteiger partial charge in [0.25, 0.3) is 0 Å². The quantitative estimate of drug-likeness (QED) is 0.715. The van der Waals surface area contributed by atoms with E-state index in [9.17, 15) is 4.79 Å². The Hall–Kier alpha value is -2.95. The molecule has 0 unspecified atom stereocenters. The fourth-order valence-corrected chi connectivity index (χ4v) is 2.61. The van der Waals surface area contributed by atoms with E-state index in [2.05, 4.69) is 34.6 Å². The molecule has 5 nitrogen and oxygen atoms in total. The zero-order valence-corrected chi connectivity index (χ0v) is 14.2. The molecule has 1 amide bonds. The Balaban J connectivity index is 1.44. The lowest BCUT2D eigenvalue weighted by Gasteiger charge is -2.05. The fourth-order valence-electron chi connectivity index (χ4n) is 2.61. The normalized spacial score (nSPS) is 10.6. The van der Waals surface area contributed by atoms with Gasteiger partial charge >= 0.3 is 0 Å². The molecule has 0 radical (unpaired) electrons. The van der Waals surface area contributed by atoms with Crippen LogP contribution in [0.5, 0.6) is 0 Å². The van der Waals surface area contributed by atoms with E-state index in [1.807, 2.05) is 42.5 Å². The molecule has 0 fully saturated rings. The molecule has 128 valence electrons. The van der Waals surface area contributed by atoms with E-state index in [-0.39, 0.29) is 12.5 Å². The second-order valence-corrected chi connectivity index (χ2v) is 5.92. The highest BCUT2D eigenvalue weighted by molar-refractivity contribution is 5.75. The molecule has 25 heavy (non-hydrogen) atoms. The second-order valence-electron chi connectivity index (χ2n) is 5.92. The Kier molecular flexibility index (Phi) is 5.57. The Labute approximate surface area is 147 Å². The maximum absolute atomic E-state index is 12.0. The SMILES string of the molecule is Cc1ccccc1CCCC(=O)NCc1nnc(-c2ccccc2)o1. The minimum Gasteiger partial charge on any atom is -0.419 e.